The Bertz CT molecular complexity index is 503. The van der Waals surface area contributed by atoms with E-state index in [2.05, 4.69) is 15.5 Å². The van der Waals surface area contributed by atoms with Gasteiger partial charge in [-0.15, -0.1) is 0 Å². The van der Waals surface area contributed by atoms with E-state index in [1.807, 2.05) is 0 Å². The second-order valence-corrected chi connectivity index (χ2v) is 5.83. The molecule has 2 N–H and O–H groups in total. The summed E-state index contributed by atoms with van der Waals surface area (Å²) in [5.74, 6) is -0.0880. The number of nitrogens with zero attached hydrogens (tertiary/aromatic N) is 1. The lowest BCUT2D eigenvalue weighted by atomic mass is 10.2. The molecule has 128 valence electrons. The molecule has 0 bridgehead atoms. The first kappa shape index (κ1) is 17.5. The highest BCUT2D eigenvalue weighted by Crippen LogP contribution is 2.24. The van der Waals surface area contributed by atoms with Crippen molar-refractivity contribution >= 4 is 11.7 Å². The fourth-order valence-corrected chi connectivity index (χ4v) is 2.80. The van der Waals surface area contributed by atoms with E-state index in [4.69, 9.17) is 4.74 Å². The van der Waals surface area contributed by atoms with Gasteiger partial charge in [0.2, 0.25) is 0 Å². The Labute approximate surface area is 137 Å². The summed E-state index contributed by atoms with van der Waals surface area (Å²) < 4.78 is 18.2. The molecule has 2 rings (SSSR count). The number of hydrogen-bond donors (Lipinski definition) is 2. The zero-order chi connectivity index (χ0) is 16.5. The number of carbonyl (C=O) groups excluding carboxylic acids is 1. The van der Waals surface area contributed by atoms with Crippen LogP contribution in [0.25, 0.3) is 0 Å². The molecule has 0 saturated carbocycles. The Hall–Kier alpha value is -1.82. The Morgan fingerprint density at radius 2 is 2.00 bits per heavy atom. The Balaban J connectivity index is 1.69. The number of amides is 2. The predicted molar refractivity (Wildman–Crippen MR) is 89.5 cm³/mol. The number of carbonyl (C=O) groups is 1. The van der Waals surface area contributed by atoms with Gasteiger partial charge in [0, 0.05) is 12.6 Å². The summed E-state index contributed by atoms with van der Waals surface area (Å²) in [6.07, 6.45) is 6.14. The fourth-order valence-electron chi connectivity index (χ4n) is 2.80. The van der Waals surface area contributed by atoms with Crippen LogP contribution in [-0.2, 0) is 0 Å². The lowest BCUT2D eigenvalue weighted by molar-refractivity contribution is 0.249. The number of benzene rings is 1. The summed E-state index contributed by atoms with van der Waals surface area (Å²) in [7, 11) is 1.44. The molecule has 1 aliphatic heterocycles. The number of rotatable bonds is 6. The van der Waals surface area contributed by atoms with E-state index < -0.39 is 5.82 Å². The van der Waals surface area contributed by atoms with Crippen molar-refractivity contribution < 1.29 is 13.9 Å². The van der Waals surface area contributed by atoms with Gasteiger partial charge in [-0.2, -0.15) is 0 Å². The van der Waals surface area contributed by atoms with E-state index in [9.17, 15) is 9.18 Å². The third-order valence-electron chi connectivity index (χ3n) is 4.05. The summed E-state index contributed by atoms with van der Waals surface area (Å²) in [4.78, 5) is 14.4. The smallest absolute Gasteiger partial charge is 0.319 e. The van der Waals surface area contributed by atoms with Crippen molar-refractivity contribution in [2.24, 2.45) is 0 Å². The van der Waals surface area contributed by atoms with E-state index >= 15 is 0 Å². The molecule has 6 heteroatoms. The van der Waals surface area contributed by atoms with Gasteiger partial charge in [-0.1, -0.05) is 12.8 Å². The molecular formula is C17H26FN3O2. The third kappa shape index (κ3) is 6.06. The number of anilines is 1. The highest BCUT2D eigenvalue weighted by atomic mass is 19.1. The first-order valence-corrected chi connectivity index (χ1v) is 8.30. The maximum absolute atomic E-state index is 13.1. The minimum Gasteiger partial charge on any atom is -0.494 e. The molecule has 1 saturated heterocycles. The van der Waals surface area contributed by atoms with Crippen LogP contribution in [0.3, 0.4) is 0 Å². The average molecular weight is 323 g/mol. The topological polar surface area (TPSA) is 53.6 Å². The molecular weight excluding hydrogens is 297 g/mol. The fraction of sp³-hybridized carbons (Fsp3) is 0.588. The number of likely N-dealkylation sites (tertiary alicyclic amines) is 1. The van der Waals surface area contributed by atoms with Crippen LogP contribution >= 0.6 is 0 Å². The second-order valence-electron chi connectivity index (χ2n) is 5.83. The van der Waals surface area contributed by atoms with Gasteiger partial charge in [0.15, 0.2) is 0 Å². The van der Waals surface area contributed by atoms with Crippen LogP contribution in [0, 0.1) is 5.82 Å². The Morgan fingerprint density at radius 3 is 2.70 bits per heavy atom. The number of urea groups is 1. The van der Waals surface area contributed by atoms with Gasteiger partial charge < -0.3 is 20.3 Å². The largest absolute Gasteiger partial charge is 0.494 e. The molecule has 1 aliphatic rings. The van der Waals surface area contributed by atoms with Crippen LogP contribution < -0.4 is 15.4 Å². The summed E-state index contributed by atoms with van der Waals surface area (Å²) in [6.45, 7) is 3.96. The minimum absolute atomic E-state index is 0.300. The first-order chi connectivity index (χ1) is 11.2. The molecule has 0 aromatic heterocycles. The molecule has 0 aliphatic carbocycles. The molecule has 0 radical (unpaired) electrons. The molecule has 0 unspecified atom stereocenters. The molecule has 0 spiro atoms. The van der Waals surface area contributed by atoms with Gasteiger partial charge in [0.25, 0.3) is 0 Å². The van der Waals surface area contributed by atoms with Gasteiger partial charge >= 0.3 is 6.03 Å². The van der Waals surface area contributed by atoms with Crippen molar-refractivity contribution in [2.45, 2.75) is 32.1 Å². The van der Waals surface area contributed by atoms with Crippen LogP contribution in [0.2, 0.25) is 0 Å². The van der Waals surface area contributed by atoms with E-state index in [0.717, 1.165) is 13.0 Å². The van der Waals surface area contributed by atoms with Crippen molar-refractivity contribution in [3.63, 3.8) is 0 Å². The van der Waals surface area contributed by atoms with Crippen LogP contribution in [0.4, 0.5) is 14.9 Å². The second kappa shape index (κ2) is 9.35. The van der Waals surface area contributed by atoms with Crippen molar-refractivity contribution in [1.29, 1.82) is 0 Å². The summed E-state index contributed by atoms with van der Waals surface area (Å²) >= 11 is 0. The number of hydrogen-bond acceptors (Lipinski definition) is 3. The third-order valence-corrected chi connectivity index (χ3v) is 4.05. The van der Waals surface area contributed by atoms with Gasteiger partial charge in [-0.3, -0.25) is 0 Å². The molecule has 2 amide bonds. The molecule has 1 aromatic rings. The lowest BCUT2D eigenvalue weighted by Crippen LogP contribution is -2.33. The van der Waals surface area contributed by atoms with E-state index in [1.54, 1.807) is 0 Å². The maximum Gasteiger partial charge on any atom is 0.319 e. The number of methoxy groups -OCH3 is 1. The van der Waals surface area contributed by atoms with E-state index in [1.165, 1.54) is 64.1 Å². The monoisotopic (exact) mass is 323 g/mol. The summed E-state index contributed by atoms with van der Waals surface area (Å²) in [6, 6.07) is 3.72. The van der Waals surface area contributed by atoms with Crippen LogP contribution in [0.1, 0.15) is 32.1 Å². The zero-order valence-electron chi connectivity index (χ0n) is 13.7. The molecule has 1 heterocycles. The average Bonchev–Trinajstić information content (AvgIpc) is 2.82. The van der Waals surface area contributed by atoms with Crippen LogP contribution in [-0.4, -0.2) is 44.2 Å². The van der Waals surface area contributed by atoms with E-state index in [0.29, 0.717) is 18.0 Å². The molecule has 5 nitrogen and oxygen atoms in total. The SMILES string of the molecule is COc1cc(F)ccc1NC(=O)NCCCN1CCCCCC1. The molecule has 0 atom stereocenters. The van der Waals surface area contributed by atoms with Crippen molar-refractivity contribution in [3.05, 3.63) is 24.0 Å². The van der Waals surface area contributed by atoms with Gasteiger partial charge in [-0.25, -0.2) is 9.18 Å². The van der Waals surface area contributed by atoms with E-state index in [-0.39, 0.29) is 6.03 Å². The standard InChI is InChI=1S/C17H26FN3O2/c1-23-16-13-14(18)7-8-15(16)20-17(22)19-9-6-12-21-10-4-2-3-5-11-21/h7-8,13H,2-6,9-12H2,1H3,(H2,19,20,22). The summed E-state index contributed by atoms with van der Waals surface area (Å²) in [5, 5.41) is 5.51. The van der Waals surface area contributed by atoms with Crippen molar-refractivity contribution in [1.82, 2.24) is 10.2 Å². The lowest BCUT2D eigenvalue weighted by Gasteiger charge is -2.19. The number of ether oxygens (including phenoxy) is 1. The first-order valence-electron chi connectivity index (χ1n) is 8.30. The van der Waals surface area contributed by atoms with Gasteiger partial charge in [0.1, 0.15) is 11.6 Å². The number of nitrogens with one attached hydrogen (secondary N) is 2. The highest BCUT2D eigenvalue weighted by Gasteiger charge is 2.10. The van der Waals surface area contributed by atoms with Crippen molar-refractivity contribution in [2.75, 3.05) is 38.6 Å². The number of halogens is 1. The molecule has 23 heavy (non-hydrogen) atoms. The quantitative estimate of drug-likeness (QED) is 0.790. The maximum atomic E-state index is 13.1. The Kier molecular flexibility index (Phi) is 7.13. The van der Waals surface area contributed by atoms with Crippen molar-refractivity contribution in [3.8, 4) is 5.75 Å². The van der Waals surface area contributed by atoms with Gasteiger partial charge in [0.05, 0.1) is 12.8 Å². The summed E-state index contributed by atoms with van der Waals surface area (Å²) in [5.41, 5.74) is 0.457. The highest BCUT2D eigenvalue weighted by molar-refractivity contribution is 5.90. The minimum atomic E-state index is -0.398. The molecule has 1 aromatic carbocycles. The normalized spacial score (nSPS) is 15.7. The predicted octanol–water partition coefficient (Wildman–Crippen LogP) is 3.22. The zero-order valence-corrected chi connectivity index (χ0v) is 13.7. The molecule has 1 fully saturated rings. The van der Waals surface area contributed by atoms with Gasteiger partial charge in [-0.05, 0) is 51.0 Å². The van der Waals surface area contributed by atoms with Crippen LogP contribution in [0.15, 0.2) is 18.2 Å². The van der Waals surface area contributed by atoms with Crippen LogP contribution in [0.5, 0.6) is 5.75 Å². The Morgan fingerprint density at radius 1 is 1.26 bits per heavy atom.